The van der Waals surface area contributed by atoms with Crippen LogP contribution in [0.3, 0.4) is 0 Å². The van der Waals surface area contributed by atoms with Crippen LogP contribution >= 0.6 is 23.2 Å². The number of hydrogen-bond donors (Lipinski definition) is 1. The van der Waals surface area contributed by atoms with Crippen molar-refractivity contribution in [2.75, 3.05) is 6.79 Å². The Bertz CT molecular complexity index is 1100. The smallest absolute Gasteiger partial charge is 0.271 e. The number of halogens is 2. The second kappa shape index (κ2) is 9.07. The van der Waals surface area contributed by atoms with Gasteiger partial charge in [-0.15, -0.1) is 0 Å². The summed E-state index contributed by atoms with van der Waals surface area (Å²) in [6.07, 6.45) is 1.55. The second-order valence-electron chi connectivity index (χ2n) is 6.36. The van der Waals surface area contributed by atoms with Crippen LogP contribution < -0.4 is 19.6 Å². The van der Waals surface area contributed by atoms with Crippen molar-refractivity contribution in [3.05, 3.63) is 87.4 Å². The second-order valence-corrected chi connectivity index (χ2v) is 7.20. The zero-order valence-electron chi connectivity index (χ0n) is 15.6. The highest BCUT2D eigenvalue weighted by atomic mass is 35.5. The Morgan fingerprint density at radius 1 is 1.03 bits per heavy atom. The van der Waals surface area contributed by atoms with E-state index in [0.29, 0.717) is 39.5 Å². The van der Waals surface area contributed by atoms with Crippen molar-refractivity contribution < 1.29 is 19.0 Å². The number of nitrogens with zero attached hydrogens (tertiary/aromatic N) is 1. The number of amides is 1. The van der Waals surface area contributed by atoms with Crippen LogP contribution in [0.25, 0.3) is 0 Å². The minimum Gasteiger partial charge on any atom is -0.489 e. The summed E-state index contributed by atoms with van der Waals surface area (Å²) in [5, 5.41) is 5.13. The molecule has 3 aromatic rings. The van der Waals surface area contributed by atoms with Crippen LogP contribution in [-0.2, 0) is 6.61 Å². The molecule has 1 aliphatic heterocycles. The van der Waals surface area contributed by atoms with Gasteiger partial charge in [-0.2, -0.15) is 5.10 Å². The topological polar surface area (TPSA) is 69.2 Å². The van der Waals surface area contributed by atoms with Crippen molar-refractivity contribution in [2.45, 2.75) is 6.61 Å². The van der Waals surface area contributed by atoms with Gasteiger partial charge in [0.1, 0.15) is 12.4 Å². The van der Waals surface area contributed by atoms with Gasteiger partial charge in [0.15, 0.2) is 11.5 Å². The van der Waals surface area contributed by atoms with Gasteiger partial charge in [0.05, 0.1) is 6.21 Å². The third-order valence-electron chi connectivity index (χ3n) is 4.30. The van der Waals surface area contributed by atoms with E-state index in [9.17, 15) is 4.79 Å². The number of rotatable bonds is 6. The molecule has 6 nitrogen and oxygen atoms in total. The van der Waals surface area contributed by atoms with Crippen molar-refractivity contribution in [2.24, 2.45) is 5.10 Å². The number of ether oxygens (including phenoxy) is 3. The highest BCUT2D eigenvalue weighted by Crippen LogP contribution is 2.32. The first-order valence-electron chi connectivity index (χ1n) is 8.98. The highest BCUT2D eigenvalue weighted by molar-refractivity contribution is 6.35. The van der Waals surface area contributed by atoms with E-state index in [1.807, 2.05) is 30.3 Å². The molecule has 0 radical (unpaired) electrons. The third kappa shape index (κ3) is 4.84. The van der Waals surface area contributed by atoms with Crippen LogP contribution in [0, 0.1) is 0 Å². The lowest BCUT2D eigenvalue weighted by atomic mass is 10.2. The van der Waals surface area contributed by atoms with Gasteiger partial charge in [-0.25, -0.2) is 5.43 Å². The first-order valence-corrected chi connectivity index (χ1v) is 9.74. The molecule has 1 amide bonds. The van der Waals surface area contributed by atoms with Gasteiger partial charge in [0.25, 0.3) is 5.91 Å². The lowest BCUT2D eigenvalue weighted by molar-refractivity contribution is 0.0954. The zero-order chi connectivity index (χ0) is 20.9. The van der Waals surface area contributed by atoms with Crippen molar-refractivity contribution in [1.82, 2.24) is 5.43 Å². The number of hydrogen-bond acceptors (Lipinski definition) is 5. The van der Waals surface area contributed by atoms with E-state index in [1.165, 1.54) is 0 Å². The summed E-state index contributed by atoms with van der Waals surface area (Å²) in [5.74, 6) is 1.50. The lowest BCUT2D eigenvalue weighted by Gasteiger charge is -2.08. The predicted octanol–water partition coefficient (Wildman–Crippen LogP) is 5.07. The van der Waals surface area contributed by atoms with E-state index in [4.69, 9.17) is 37.4 Å². The van der Waals surface area contributed by atoms with Gasteiger partial charge in [-0.3, -0.25) is 4.79 Å². The molecule has 0 saturated heterocycles. The average Bonchev–Trinajstić information content (AvgIpc) is 3.22. The molecule has 0 aliphatic carbocycles. The molecule has 1 aliphatic rings. The number of benzene rings is 3. The maximum absolute atomic E-state index is 12.2. The van der Waals surface area contributed by atoms with E-state index in [-0.39, 0.29) is 12.7 Å². The van der Waals surface area contributed by atoms with Crippen LogP contribution in [0.5, 0.6) is 17.2 Å². The van der Waals surface area contributed by atoms with E-state index >= 15 is 0 Å². The van der Waals surface area contributed by atoms with E-state index in [1.54, 1.807) is 36.5 Å². The minimum atomic E-state index is -0.343. The molecule has 1 N–H and O–H groups in total. The summed E-state index contributed by atoms with van der Waals surface area (Å²) in [4.78, 5) is 12.2. The molecule has 4 rings (SSSR count). The normalized spacial score (nSPS) is 12.2. The molecular weight excluding hydrogens is 427 g/mol. The van der Waals surface area contributed by atoms with Crippen LogP contribution in [-0.4, -0.2) is 18.9 Å². The summed E-state index contributed by atoms with van der Waals surface area (Å²) >= 11 is 12.0. The molecule has 0 bridgehead atoms. The Morgan fingerprint density at radius 3 is 2.63 bits per heavy atom. The fourth-order valence-electron chi connectivity index (χ4n) is 2.72. The average molecular weight is 443 g/mol. The first kappa shape index (κ1) is 20.1. The molecule has 30 heavy (non-hydrogen) atoms. The fraction of sp³-hybridized carbons (Fsp3) is 0.0909. The molecule has 0 unspecified atom stereocenters. The molecule has 152 valence electrons. The SMILES string of the molecule is O=C(N/N=C\c1ccc(OCc2ccc(Cl)cc2Cl)cc1)c1ccc2c(c1)OCO2. The van der Waals surface area contributed by atoms with Gasteiger partial charge in [0.2, 0.25) is 6.79 Å². The summed E-state index contributed by atoms with van der Waals surface area (Å²) in [7, 11) is 0. The molecule has 3 aromatic carbocycles. The van der Waals surface area contributed by atoms with Crippen LogP contribution in [0.4, 0.5) is 0 Å². The fourth-order valence-corrected chi connectivity index (χ4v) is 3.18. The monoisotopic (exact) mass is 442 g/mol. The molecule has 0 fully saturated rings. The maximum Gasteiger partial charge on any atom is 0.271 e. The number of fused-ring (bicyclic) bond motifs is 1. The van der Waals surface area contributed by atoms with Crippen LogP contribution in [0.1, 0.15) is 21.5 Å². The van der Waals surface area contributed by atoms with Gasteiger partial charge in [0, 0.05) is 21.2 Å². The Hall–Kier alpha value is -3.22. The lowest BCUT2D eigenvalue weighted by Crippen LogP contribution is -2.17. The van der Waals surface area contributed by atoms with Crippen molar-refractivity contribution in [3.8, 4) is 17.2 Å². The summed E-state index contributed by atoms with van der Waals surface area (Å²) in [5.41, 5.74) is 4.57. The van der Waals surface area contributed by atoms with Gasteiger partial charge in [-0.05, 0) is 60.2 Å². The zero-order valence-corrected chi connectivity index (χ0v) is 17.1. The molecule has 1 heterocycles. The quantitative estimate of drug-likeness (QED) is 0.427. The Morgan fingerprint density at radius 2 is 1.83 bits per heavy atom. The highest BCUT2D eigenvalue weighted by Gasteiger charge is 2.15. The van der Waals surface area contributed by atoms with Crippen LogP contribution in [0.2, 0.25) is 10.0 Å². The maximum atomic E-state index is 12.2. The molecule has 0 atom stereocenters. The number of carbonyl (C=O) groups is 1. The molecule has 0 aromatic heterocycles. The summed E-state index contributed by atoms with van der Waals surface area (Å²) in [6.45, 7) is 0.486. The van der Waals surface area contributed by atoms with Crippen molar-refractivity contribution >= 4 is 35.3 Å². The minimum absolute atomic E-state index is 0.158. The summed E-state index contributed by atoms with van der Waals surface area (Å²) < 4.78 is 16.2. The van der Waals surface area contributed by atoms with E-state index in [2.05, 4.69) is 10.5 Å². The number of hydrazone groups is 1. The molecular formula is C22H16Cl2N2O4. The van der Waals surface area contributed by atoms with Crippen LogP contribution in [0.15, 0.2) is 65.8 Å². The Kier molecular flexibility index (Phi) is 6.07. The molecule has 0 spiro atoms. The number of nitrogens with one attached hydrogen (secondary N) is 1. The van der Waals surface area contributed by atoms with Gasteiger partial charge in [-0.1, -0.05) is 29.3 Å². The summed E-state index contributed by atoms with van der Waals surface area (Å²) in [6, 6.07) is 17.5. The van der Waals surface area contributed by atoms with Crippen molar-refractivity contribution in [3.63, 3.8) is 0 Å². The molecule has 8 heteroatoms. The predicted molar refractivity (Wildman–Crippen MR) is 115 cm³/mol. The Balaban J connectivity index is 1.30. The largest absolute Gasteiger partial charge is 0.489 e. The Labute approximate surface area is 183 Å². The van der Waals surface area contributed by atoms with Crippen molar-refractivity contribution in [1.29, 1.82) is 0 Å². The molecule has 0 saturated carbocycles. The number of carbonyl (C=O) groups excluding carboxylic acids is 1. The van der Waals surface area contributed by atoms with Gasteiger partial charge < -0.3 is 14.2 Å². The van der Waals surface area contributed by atoms with E-state index < -0.39 is 0 Å². The van der Waals surface area contributed by atoms with E-state index in [0.717, 1.165) is 11.1 Å². The first-order chi connectivity index (χ1) is 14.6. The third-order valence-corrected chi connectivity index (χ3v) is 4.89. The standard InChI is InChI=1S/C22H16Cl2N2O4/c23-17-5-3-16(19(24)10-17)12-28-18-6-1-14(2-7-18)11-25-26-22(27)15-4-8-20-21(9-15)30-13-29-20/h1-11H,12-13H2,(H,26,27)/b25-11-. The van der Waals surface area contributed by atoms with Gasteiger partial charge >= 0.3 is 0 Å².